The highest BCUT2D eigenvalue weighted by Crippen LogP contribution is 2.30. The first-order valence-electron chi connectivity index (χ1n) is 7.56. The number of halogens is 3. The van der Waals surface area contributed by atoms with Crippen LogP contribution in [0.1, 0.15) is 25.3 Å². The SMILES string of the molecule is CCOC(=O)CN(C(=O)COc1ccc(C(F)(F)F)cc1)C1CC1. The fourth-order valence-corrected chi connectivity index (χ4v) is 2.12. The third-order valence-electron chi connectivity index (χ3n) is 3.46. The first-order chi connectivity index (χ1) is 11.3. The lowest BCUT2D eigenvalue weighted by Gasteiger charge is -2.21. The van der Waals surface area contributed by atoms with Crippen molar-refractivity contribution in [3.63, 3.8) is 0 Å². The Morgan fingerprint density at radius 3 is 2.33 bits per heavy atom. The smallest absolute Gasteiger partial charge is 0.416 e. The summed E-state index contributed by atoms with van der Waals surface area (Å²) in [6.45, 7) is 1.41. The average Bonchev–Trinajstić information content (AvgIpc) is 3.35. The molecular weight excluding hydrogens is 327 g/mol. The van der Waals surface area contributed by atoms with E-state index in [1.165, 1.54) is 4.90 Å². The number of hydrogen-bond acceptors (Lipinski definition) is 4. The molecule has 0 radical (unpaired) electrons. The number of hydrogen-bond donors (Lipinski definition) is 0. The van der Waals surface area contributed by atoms with E-state index in [-0.39, 0.29) is 31.5 Å². The lowest BCUT2D eigenvalue weighted by Crippen LogP contribution is -2.40. The molecule has 1 aromatic rings. The largest absolute Gasteiger partial charge is 0.484 e. The van der Waals surface area contributed by atoms with Crippen molar-refractivity contribution in [2.24, 2.45) is 0 Å². The number of carbonyl (C=O) groups is 2. The molecule has 0 heterocycles. The summed E-state index contributed by atoms with van der Waals surface area (Å²) in [5, 5.41) is 0. The maximum absolute atomic E-state index is 12.5. The van der Waals surface area contributed by atoms with Gasteiger partial charge in [-0.2, -0.15) is 13.2 Å². The summed E-state index contributed by atoms with van der Waals surface area (Å²) in [7, 11) is 0. The Morgan fingerprint density at radius 1 is 1.21 bits per heavy atom. The molecule has 1 aromatic carbocycles. The molecule has 0 aliphatic heterocycles. The van der Waals surface area contributed by atoms with Gasteiger partial charge >= 0.3 is 12.1 Å². The van der Waals surface area contributed by atoms with Crippen molar-refractivity contribution in [3.8, 4) is 5.75 Å². The molecule has 1 aliphatic carbocycles. The molecule has 2 rings (SSSR count). The van der Waals surface area contributed by atoms with Gasteiger partial charge in [0.15, 0.2) is 6.61 Å². The highest BCUT2D eigenvalue weighted by atomic mass is 19.4. The first-order valence-corrected chi connectivity index (χ1v) is 7.56. The van der Waals surface area contributed by atoms with Crippen LogP contribution < -0.4 is 4.74 Å². The molecule has 5 nitrogen and oxygen atoms in total. The Labute approximate surface area is 137 Å². The summed E-state index contributed by atoms with van der Waals surface area (Å²) in [5.74, 6) is -0.735. The number of ether oxygens (including phenoxy) is 2. The summed E-state index contributed by atoms with van der Waals surface area (Å²) < 4.78 is 47.5. The highest BCUT2D eigenvalue weighted by molar-refractivity contribution is 5.83. The van der Waals surface area contributed by atoms with E-state index in [4.69, 9.17) is 9.47 Å². The van der Waals surface area contributed by atoms with Gasteiger partial charge in [-0.1, -0.05) is 0 Å². The summed E-state index contributed by atoms with van der Waals surface area (Å²) >= 11 is 0. The summed E-state index contributed by atoms with van der Waals surface area (Å²) in [6.07, 6.45) is -2.80. The molecule has 0 saturated heterocycles. The minimum absolute atomic E-state index is 0.00175. The van der Waals surface area contributed by atoms with Gasteiger partial charge in [0.05, 0.1) is 12.2 Å². The topological polar surface area (TPSA) is 55.8 Å². The third kappa shape index (κ3) is 5.14. The molecule has 0 aromatic heterocycles. The Morgan fingerprint density at radius 2 is 1.83 bits per heavy atom. The van der Waals surface area contributed by atoms with Gasteiger partial charge in [0.25, 0.3) is 5.91 Å². The molecule has 1 saturated carbocycles. The predicted molar refractivity (Wildman–Crippen MR) is 78.3 cm³/mol. The zero-order valence-corrected chi connectivity index (χ0v) is 13.1. The van der Waals surface area contributed by atoms with Crippen LogP contribution in [0.2, 0.25) is 0 Å². The van der Waals surface area contributed by atoms with Gasteiger partial charge in [0.1, 0.15) is 12.3 Å². The van der Waals surface area contributed by atoms with Crippen LogP contribution in [0.15, 0.2) is 24.3 Å². The molecule has 0 N–H and O–H groups in total. The molecule has 8 heteroatoms. The second-order valence-electron chi connectivity index (χ2n) is 5.37. The number of alkyl halides is 3. The third-order valence-corrected chi connectivity index (χ3v) is 3.46. The zero-order valence-electron chi connectivity index (χ0n) is 13.1. The van der Waals surface area contributed by atoms with Crippen molar-refractivity contribution >= 4 is 11.9 Å². The minimum atomic E-state index is -4.42. The van der Waals surface area contributed by atoms with Gasteiger partial charge in [-0.05, 0) is 44.0 Å². The lowest BCUT2D eigenvalue weighted by atomic mass is 10.2. The summed E-state index contributed by atoms with van der Waals surface area (Å²) in [5.41, 5.74) is -0.789. The molecule has 24 heavy (non-hydrogen) atoms. The maximum atomic E-state index is 12.5. The second-order valence-corrected chi connectivity index (χ2v) is 5.37. The van der Waals surface area contributed by atoms with Crippen molar-refractivity contribution in [3.05, 3.63) is 29.8 Å². The quantitative estimate of drug-likeness (QED) is 0.713. The van der Waals surface area contributed by atoms with Gasteiger partial charge in [0.2, 0.25) is 0 Å². The predicted octanol–water partition coefficient (Wildman–Crippen LogP) is 2.64. The van der Waals surface area contributed by atoms with Crippen LogP contribution >= 0.6 is 0 Å². The van der Waals surface area contributed by atoms with E-state index in [0.29, 0.717) is 0 Å². The molecular formula is C16H18F3NO4. The molecule has 1 fully saturated rings. The van der Waals surface area contributed by atoms with Gasteiger partial charge in [0, 0.05) is 6.04 Å². The number of carbonyl (C=O) groups excluding carboxylic acids is 2. The number of esters is 1. The highest BCUT2D eigenvalue weighted by Gasteiger charge is 2.34. The van der Waals surface area contributed by atoms with E-state index < -0.39 is 23.6 Å². The van der Waals surface area contributed by atoms with Crippen LogP contribution in [-0.2, 0) is 20.5 Å². The molecule has 0 spiro atoms. The van der Waals surface area contributed by atoms with Gasteiger partial charge in [-0.3, -0.25) is 9.59 Å². The Bertz CT molecular complexity index is 582. The van der Waals surface area contributed by atoms with E-state index in [1.54, 1.807) is 6.92 Å². The van der Waals surface area contributed by atoms with Crippen LogP contribution in [-0.4, -0.2) is 42.6 Å². The lowest BCUT2D eigenvalue weighted by molar-refractivity contribution is -0.150. The van der Waals surface area contributed by atoms with Crippen molar-refractivity contribution in [2.45, 2.75) is 32.0 Å². The molecule has 132 valence electrons. The summed E-state index contributed by atoms with van der Waals surface area (Å²) in [6, 6.07) is 4.08. The standard InChI is InChI=1S/C16H18F3NO4/c1-2-23-15(22)9-20(12-5-6-12)14(21)10-24-13-7-3-11(4-8-13)16(17,18)19/h3-4,7-8,12H,2,5-6,9-10H2,1H3. The first kappa shape index (κ1) is 18.1. The number of benzene rings is 1. The Hall–Kier alpha value is -2.25. The van der Waals surface area contributed by atoms with E-state index in [1.807, 2.05) is 0 Å². The van der Waals surface area contributed by atoms with Crippen LogP contribution in [0.3, 0.4) is 0 Å². The monoisotopic (exact) mass is 345 g/mol. The molecule has 0 unspecified atom stereocenters. The van der Waals surface area contributed by atoms with Crippen LogP contribution in [0.25, 0.3) is 0 Å². The van der Waals surface area contributed by atoms with E-state index in [0.717, 1.165) is 37.1 Å². The van der Waals surface area contributed by atoms with Gasteiger partial charge in [-0.25, -0.2) is 0 Å². The molecule has 1 amide bonds. The number of nitrogens with zero attached hydrogens (tertiary/aromatic N) is 1. The fraction of sp³-hybridized carbons (Fsp3) is 0.500. The van der Waals surface area contributed by atoms with Crippen molar-refractivity contribution in [1.29, 1.82) is 0 Å². The van der Waals surface area contributed by atoms with E-state index in [9.17, 15) is 22.8 Å². The Balaban J connectivity index is 1.89. The molecule has 0 bridgehead atoms. The summed E-state index contributed by atoms with van der Waals surface area (Å²) in [4.78, 5) is 25.1. The zero-order chi connectivity index (χ0) is 17.7. The molecule has 0 atom stereocenters. The second kappa shape index (κ2) is 7.55. The van der Waals surface area contributed by atoms with Crippen molar-refractivity contribution in [1.82, 2.24) is 4.90 Å². The fourth-order valence-electron chi connectivity index (χ4n) is 2.12. The normalized spacial score (nSPS) is 14.2. The van der Waals surface area contributed by atoms with E-state index >= 15 is 0 Å². The Kier molecular flexibility index (Phi) is 5.69. The number of amides is 1. The average molecular weight is 345 g/mol. The number of rotatable bonds is 7. The van der Waals surface area contributed by atoms with Gasteiger partial charge in [-0.15, -0.1) is 0 Å². The molecule has 1 aliphatic rings. The van der Waals surface area contributed by atoms with Gasteiger partial charge < -0.3 is 14.4 Å². The van der Waals surface area contributed by atoms with E-state index in [2.05, 4.69) is 0 Å². The van der Waals surface area contributed by atoms with Crippen LogP contribution in [0.4, 0.5) is 13.2 Å². The minimum Gasteiger partial charge on any atom is -0.484 e. The van der Waals surface area contributed by atoms with Crippen molar-refractivity contribution in [2.75, 3.05) is 19.8 Å². The van der Waals surface area contributed by atoms with Crippen molar-refractivity contribution < 1.29 is 32.2 Å². The van der Waals surface area contributed by atoms with Crippen LogP contribution in [0, 0.1) is 0 Å². The van der Waals surface area contributed by atoms with Crippen LogP contribution in [0.5, 0.6) is 5.75 Å². The maximum Gasteiger partial charge on any atom is 0.416 e.